The third-order valence-corrected chi connectivity index (χ3v) is 6.05. The number of fused-ring (bicyclic) bond motifs is 1. The van der Waals surface area contributed by atoms with Gasteiger partial charge in [0.05, 0.1) is 6.04 Å². The van der Waals surface area contributed by atoms with Crippen LogP contribution >= 0.6 is 0 Å². The van der Waals surface area contributed by atoms with Gasteiger partial charge in [-0.3, -0.25) is 0 Å². The second kappa shape index (κ2) is 9.26. The molecule has 1 saturated carbocycles. The number of carbonyl (C=O) groups is 1. The molecule has 0 saturated heterocycles. The second-order valence-electron chi connectivity index (χ2n) is 7.89. The van der Waals surface area contributed by atoms with Gasteiger partial charge in [0.15, 0.2) is 0 Å². The summed E-state index contributed by atoms with van der Waals surface area (Å²) in [4.78, 5) is 12.3. The van der Waals surface area contributed by atoms with Crippen molar-refractivity contribution in [3.8, 4) is 0 Å². The number of rotatable bonds is 6. The molecular formula is C22H34N2O. The van der Waals surface area contributed by atoms with Crippen LogP contribution in [0, 0.1) is 5.92 Å². The maximum atomic E-state index is 12.3. The van der Waals surface area contributed by atoms with Gasteiger partial charge in [-0.2, -0.15) is 0 Å². The summed E-state index contributed by atoms with van der Waals surface area (Å²) in [6, 6.07) is 6.91. The monoisotopic (exact) mass is 342 g/mol. The summed E-state index contributed by atoms with van der Waals surface area (Å²) < 4.78 is 0. The molecule has 0 aliphatic heterocycles. The lowest BCUT2D eigenvalue weighted by Gasteiger charge is -2.23. The fourth-order valence-corrected chi connectivity index (χ4v) is 4.47. The maximum Gasteiger partial charge on any atom is 0.315 e. The lowest BCUT2D eigenvalue weighted by molar-refractivity contribution is 0.234. The first-order valence-corrected chi connectivity index (χ1v) is 10.4. The molecule has 0 bridgehead atoms. The Hall–Kier alpha value is -1.51. The van der Waals surface area contributed by atoms with Crippen LogP contribution in [0.15, 0.2) is 18.2 Å². The predicted molar refractivity (Wildman–Crippen MR) is 104 cm³/mol. The summed E-state index contributed by atoms with van der Waals surface area (Å²) >= 11 is 0. The Labute approximate surface area is 153 Å². The van der Waals surface area contributed by atoms with Gasteiger partial charge in [0.1, 0.15) is 0 Å². The van der Waals surface area contributed by atoms with Crippen molar-refractivity contribution in [1.82, 2.24) is 10.6 Å². The molecule has 1 fully saturated rings. The van der Waals surface area contributed by atoms with Crippen molar-refractivity contribution in [2.24, 2.45) is 5.92 Å². The van der Waals surface area contributed by atoms with Crippen LogP contribution in [0.4, 0.5) is 4.79 Å². The number of carbonyl (C=O) groups excluding carboxylic acids is 1. The highest BCUT2D eigenvalue weighted by Crippen LogP contribution is 2.27. The number of aryl methyl sites for hydroxylation is 2. The van der Waals surface area contributed by atoms with Crippen LogP contribution in [-0.4, -0.2) is 12.6 Å². The minimum atomic E-state index is -0.0135. The van der Waals surface area contributed by atoms with E-state index < -0.39 is 0 Å². The van der Waals surface area contributed by atoms with E-state index in [1.807, 2.05) is 0 Å². The SMILES string of the molecule is CCC(NC(=O)NCCC1CCCCC1)c1ccc2c(c1)CCCC2. The van der Waals surface area contributed by atoms with Gasteiger partial charge in [0, 0.05) is 6.54 Å². The van der Waals surface area contributed by atoms with E-state index in [4.69, 9.17) is 0 Å². The number of nitrogens with one attached hydrogen (secondary N) is 2. The molecule has 0 aromatic heterocycles. The topological polar surface area (TPSA) is 41.1 Å². The number of benzene rings is 1. The third-order valence-electron chi connectivity index (χ3n) is 6.05. The fourth-order valence-electron chi connectivity index (χ4n) is 4.47. The lowest BCUT2D eigenvalue weighted by Crippen LogP contribution is -2.38. The van der Waals surface area contributed by atoms with E-state index in [0.717, 1.165) is 25.3 Å². The zero-order valence-electron chi connectivity index (χ0n) is 15.8. The predicted octanol–water partition coefficient (Wildman–Crippen LogP) is 5.29. The Morgan fingerprint density at radius 1 is 1.08 bits per heavy atom. The Kier molecular flexibility index (Phi) is 6.77. The van der Waals surface area contributed by atoms with Crippen LogP contribution in [0.3, 0.4) is 0 Å². The molecule has 3 nitrogen and oxygen atoms in total. The molecule has 1 aromatic rings. The van der Waals surface area contributed by atoms with Crippen molar-refractivity contribution in [3.63, 3.8) is 0 Å². The van der Waals surface area contributed by atoms with Crippen molar-refractivity contribution in [3.05, 3.63) is 34.9 Å². The van der Waals surface area contributed by atoms with E-state index in [0.29, 0.717) is 0 Å². The van der Waals surface area contributed by atoms with Gasteiger partial charge in [-0.15, -0.1) is 0 Å². The molecule has 2 N–H and O–H groups in total. The quantitative estimate of drug-likeness (QED) is 0.725. The van der Waals surface area contributed by atoms with Gasteiger partial charge in [-0.1, -0.05) is 57.2 Å². The van der Waals surface area contributed by atoms with E-state index in [-0.39, 0.29) is 12.1 Å². The highest BCUT2D eigenvalue weighted by atomic mass is 16.2. The summed E-state index contributed by atoms with van der Waals surface area (Å²) in [5.74, 6) is 0.816. The van der Waals surface area contributed by atoms with Gasteiger partial charge in [-0.25, -0.2) is 4.79 Å². The largest absolute Gasteiger partial charge is 0.338 e. The Morgan fingerprint density at radius 2 is 1.84 bits per heavy atom. The minimum absolute atomic E-state index is 0.0135. The fraction of sp³-hybridized carbons (Fsp3) is 0.682. The molecule has 0 radical (unpaired) electrons. The third kappa shape index (κ3) is 5.23. The zero-order valence-corrected chi connectivity index (χ0v) is 15.8. The summed E-state index contributed by atoms with van der Waals surface area (Å²) in [6.45, 7) is 2.95. The minimum Gasteiger partial charge on any atom is -0.338 e. The Balaban J connectivity index is 1.48. The maximum absolute atomic E-state index is 12.3. The second-order valence-corrected chi connectivity index (χ2v) is 7.89. The van der Waals surface area contributed by atoms with Gasteiger partial charge < -0.3 is 10.6 Å². The Morgan fingerprint density at radius 3 is 2.60 bits per heavy atom. The van der Waals surface area contributed by atoms with Crippen molar-refractivity contribution in [2.75, 3.05) is 6.54 Å². The number of urea groups is 1. The molecule has 138 valence electrons. The summed E-state index contributed by atoms with van der Waals surface area (Å²) in [5.41, 5.74) is 4.24. The molecule has 2 amide bonds. The standard InChI is InChI=1S/C22H34N2O/c1-2-21(20-13-12-18-10-6-7-11-19(18)16-20)24-22(25)23-15-14-17-8-4-3-5-9-17/h12-13,16-17,21H,2-11,14-15H2,1H3,(H2,23,24,25). The van der Waals surface area contributed by atoms with Crippen LogP contribution in [-0.2, 0) is 12.8 Å². The van der Waals surface area contributed by atoms with E-state index in [1.165, 1.54) is 74.5 Å². The van der Waals surface area contributed by atoms with E-state index in [2.05, 4.69) is 35.8 Å². The molecule has 3 heteroatoms. The summed E-state index contributed by atoms with van der Waals surface area (Å²) in [6.07, 6.45) is 13.9. The molecule has 25 heavy (non-hydrogen) atoms. The molecule has 3 rings (SSSR count). The summed E-state index contributed by atoms with van der Waals surface area (Å²) in [5, 5.41) is 6.25. The average Bonchev–Trinajstić information content (AvgIpc) is 2.66. The van der Waals surface area contributed by atoms with Crippen LogP contribution < -0.4 is 10.6 Å². The normalized spacial score (nSPS) is 19.1. The molecular weight excluding hydrogens is 308 g/mol. The molecule has 0 heterocycles. The Bertz CT molecular complexity index is 563. The van der Waals surface area contributed by atoms with E-state index >= 15 is 0 Å². The first kappa shape index (κ1) is 18.3. The molecule has 2 aliphatic carbocycles. The molecule has 0 spiro atoms. The van der Waals surface area contributed by atoms with Gasteiger partial charge >= 0.3 is 6.03 Å². The highest BCUT2D eigenvalue weighted by Gasteiger charge is 2.17. The van der Waals surface area contributed by atoms with Crippen molar-refractivity contribution in [1.29, 1.82) is 0 Å². The van der Waals surface area contributed by atoms with Crippen LogP contribution in [0.25, 0.3) is 0 Å². The molecule has 1 atom stereocenters. The van der Waals surface area contributed by atoms with Crippen molar-refractivity contribution in [2.45, 2.75) is 83.6 Å². The van der Waals surface area contributed by atoms with Crippen molar-refractivity contribution < 1.29 is 4.79 Å². The van der Waals surface area contributed by atoms with Gasteiger partial charge in [0.2, 0.25) is 0 Å². The van der Waals surface area contributed by atoms with Crippen LogP contribution in [0.1, 0.15) is 87.4 Å². The van der Waals surface area contributed by atoms with Gasteiger partial charge in [-0.05, 0) is 61.1 Å². The molecule has 1 aromatic carbocycles. The first-order chi connectivity index (χ1) is 12.3. The van der Waals surface area contributed by atoms with E-state index in [1.54, 1.807) is 0 Å². The zero-order chi connectivity index (χ0) is 17.5. The number of amides is 2. The van der Waals surface area contributed by atoms with Crippen molar-refractivity contribution >= 4 is 6.03 Å². The molecule has 2 aliphatic rings. The number of hydrogen-bond acceptors (Lipinski definition) is 1. The van der Waals surface area contributed by atoms with Gasteiger partial charge in [0.25, 0.3) is 0 Å². The lowest BCUT2D eigenvalue weighted by atomic mass is 9.87. The first-order valence-electron chi connectivity index (χ1n) is 10.4. The number of hydrogen-bond donors (Lipinski definition) is 2. The van der Waals surface area contributed by atoms with Crippen LogP contribution in [0.2, 0.25) is 0 Å². The smallest absolute Gasteiger partial charge is 0.315 e. The summed E-state index contributed by atoms with van der Waals surface area (Å²) in [7, 11) is 0. The average molecular weight is 343 g/mol. The highest BCUT2D eigenvalue weighted by molar-refractivity contribution is 5.74. The van der Waals surface area contributed by atoms with Crippen LogP contribution in [0.5, 0.6) is 0 Å². The molecule has 1 unspecified atom stereocenters. The van der Waals surface area contributed by atoms with E-state index in [9.17, 15) is 4.79 Å².